The molecular weight excluding hydrogens is 242 g/mol. The number of rotatable bonds is 3. The summed E-state index contributed by atoms with van der Waals surface area (Å²) >= 11 is 0. The molecule has 2 atom stereocenters. The lowest BCUT2D eigenvalue weighted by Gasteiger charge is -2.27. The SMILES string of the molecule is Cn1nccc1S(=O)(=O)N[C@H]1CCCC[C@@H]1O. The van der Waals surface area contributed by atoms with Gasteiger partial charge in [0, 0.05) is 13.1 Å². The Labute approximate surface area is 101 Å². The molecule has 1 aromatic heterocycles. The standard InChI is InChI=1S/C10H17N3O3S/c1-13-10(6-7-11-13)17(15,16)12-8-4-2-3-5-9(8)14/h6-9,12,14H,2-5H2,1H3/t8-,9-/m0/s1. The Morgan fingerprint density at radius 1 is 1.47 bits per heavy atom. The molecule has 2 rings (SSSR count). The lowest BCUT2D eigenvalue weighted by molar-refractivity contribution is 0.101. The number of nitrogens with zero attached hydrogens (tertiary/aromatic N) is 2. The number of aromatic nitrogens is 2. The van der Waals surface area contributed by atoms with Gasteiger partial charge in [-0.05, 0) is 18.9 Å². The molecule has 7 heteroatoms. The van der Waals surface area contributed by atoms with Crippen LogP contribution < -0.4 is 4.72 Å². The van der Waals surface area contributed by atoms with Crippen LogP contribution in [0.4, 0.5) is 0 Å². The van der Waals surface area contributed by atoms with Gasteiger partial charge in [0.1, 0.15) is 0 Å². The van der Waals surface area contributed by atoms with Crippen molar-refractivity contribution in [3.8, 4) is 0 Å². The summed E-state index contributed by atoms with van der Waals surface area (Å²) < 4.78 is 27.9. The van der Waals surface area contributed by atoms with Crippen molar-refractivity contribution in [3.63, 3.8) is 0 Å². The highest BCUT2D eigenvalue weighted by Gasteiger charge is 2.29. The Hall–Kier alpha value is -0.920. The Balaban J connectivity index is 2.15. The zero-order valence-corrected chi connectivity index (χ0v) is 10.5. The molecule has 0 bridgehead atoms. The molecule has 0 spiro atoms. The molecule has 0 unspecified atom stereocenters. The Kier molecular flexibility index (Phi) is 3.50. The van der Waals surface area contributed by atoms with E-state index in [1.165, 1.54) is 16.9 Å². The zero-order valence-electron chi connectivity index (χ0n) is 9.70. The van der Waals surface area contributed by atoms with Crippen LogP contribution in [0.2, 0.25) is 0 Å². The summed E-state index contributed by atoms with van der Waals surface area (Å²) in [6.07, 6.45) is 4.07. The number of sulfonamides is 1. The molecule has 1 saturated carbocycles. The van der Waals surface area contributed by atoms with Gasteiger partial charge in [0.2, 0.25) is 0 Å². The first kappa shape index (κ1) is 12.5. The van der Waals surface area contributed by atoms with E-state index in [9.17, 15) is 13.5 Å². The maximum Gasteiger partial charge on any atom is 0.258 e. The highest BCUT2D eigenvalue weighted by molar-refractivity contribution is 7.89. The summed E-state index contributed by atoms with van der Waals surface area (Å²) in [6.45, 7) is 0. The van der Waals surface area contributed by atoms with E-state index in [0.717, 1.165) is 12.8 Å². The van der Waals surface area contributed by atoms with Crippen LogP contribution in [0.5, 0.6) is 0 Å². The Bertz CT molecular complexity index is 483. The lowest BCUT2D eigenvalue weighted by atomic mass is 9.93. The van der Waals surface area contributed by atoms with Crippen LogP contribution in [0.1, 0.15) is 25.7 Å². The molecule has 0 amide bonds. The van der Waals surface area contributed by atoms with Crippen molar-refractivity contribution >= 4 is 10.0 Å². The first-order valence-corrected chi connectivity index (χ1v) is 7.17. The normalized spacial score (nSPS) is 26.0. The highest BCUT2D eigenvalue weighted by atomic mass is 32.2. The number of aliphatic hydroxyl groups is 1. The van der Waals surface area contributed by atoms with Crippen molar-refractivity contribution in [1.82, 2.24) is 14.5 Å². The summed E-state index contributed by atoms with van der Waals surface area (Å²) in [5, 5.41) is 13.7. The van der Waals surface area contributed by atoms with Gasteiger partial charge in [-0.1, -0.05) is 12.8 Å². The van der Waals surface area contributed by atoms with Gasteiger partial charge in [-0.15, -0.1) is 0 Å². The van der Waals surface area contributed by atoms with E-state index in [-0.39, 0.29) is 11.1 Å². The van der Waals surface area contributed by atoms with E-state index in [2.05, 4.69) is 9.82 Å². The van der Waals surface area contributed by atoms with Crippen molar-refractivity contribution in [2.24, 2.45) is 7.05 Å². The monoisotopic (exact) mass is 259 g/mol. The summed E-state index contributed by atoms with van der Waals surface area (Å²) in [6, 6.07) is 1.06. The molecule has 1 aliphatic carbocycles. The minimum atomic E-state index is -3.59. The van der Waals surface area contributed by atoms with E-state index >= 15 is 0 Å². The summed E-state index contributed by atoms with van der Waals surface area (Å²) in [7, 11) is -2.01. The molecule has 17 heavy (non-hydrogen) atoms. The van der Waals surface area contributed by atoms with Crippen LogP contribution in [0, 0.1) is 0 Å². The van der Waals surface area contributed by atoms with Crippen LogP contribution in [-0.2, 0) is 17.1 Å². The second kappa shape index (κ2) is 4.75. The van der Waals surface area contributed by atoms with Gasteiger partial charge in [0.25, 0.3) is 10.0 Å². The summed E-state index contributed by atoms with van der Waals surface area (Å²) in [5.74, 6) is 0. The molecule has 96 valence electrons. The fourth-order valence-electron chi connectivity index (χ4n) is 2.13. The molecule has 0 aliphatic heterocycles. The third kappa shape index (κ3) is 2.67. The minimum absolute atomic E-state index is 0.121. The smallest absolute Gasteiger partial charge is 0.258 e. The topological polar surface area (TPSA) is 84.2 Å². The quantitative estimate of drug-likeness (QED) is 0.800. The van der Waals surface area contributed by atoms with Crippen molar-refractivity contribution in [2.75, 3.05) is 0 Å². The van der Waals surface area contributed by atoms with Gasteiger partial charge < -0.3 is 5.11 Å². The first-order chi connectivity index (χ1) is 8.00. The number of aryl methyl sites for hydroxylation is 1. The van der Waals surface area contributed by atoms with Gasteiger partial charge in [0.05, 0.1) is 12.3 Å². The molecule has 1 aliphatic rings. The minimum Gasteiger partial charge on any atom is -0.391 e. The summed E-state index contributed by atoms with van der Waals surface area (Å²) in [5.41, 5.74) is 0. The van der Waals surface area contributed by atoms with Crippen molar-refractivity contribution in [3.05, 3.63) is 12.3 Å². The number of hydrogen-bond acceptors (Lipinski definition) is 4. The second-order valence-electron chi connectivity index (χ2n) is 4.37. The Morgan fingerprint density at radius 3 is 2.76 bits per heavy atom. The largest absolute Gasteiger partial charge is 0.391 e. The van der Waals surface area contributed by atoms with Gasteiger partial charge in [-0.2, -0.15) is 5.10 Å². The third-order valence-electron chi connectivity index (χ3n) is 3.09. The molecule has 0 saturated heterocycles. The molecule has 2 N–H and O–H groups in total. The van der Waals surface area contributed by atoms with E-state index in [4.69, 9.17) is 0 Å². The van der Waals surface area contributed by atoms with Gasteiger partial charge in [0.15, 0.2) is 5.03 Å². The van der Waals surface area contributed by atoms with Crippen LogP contribution in [-0.4, -0.2) is 35.5 Å². The number of aliphatic hydroxyl groups excluding tert-OH is 1. The van der Waals surface area contributed by atoms with Crippen LogP contribution in [0.15, 0.2) is 17.3 Å². The Morgan fingerprint density at radius 2 is 2.18 bits per heavy atom. The van der Waals surface area contributed by atoms with E-state index in [1.807, 2.05) is 0 Å². The van der Waals surface area contributed by atoms with Crippen molar-refractivity contribution < 1.29 is 13.5 Å². The van der Waals surface area contributed by atoms with Crippen LogP contribution in [0.3, 0.4) is 0 Å². The van der Waals surface area contributed by atoms with Gasteiger partial charge >= 0.3 is 0 Å². The predicted octanol–water partition coefficient (Wildman–Crippen LogP) is 0.00190. The lowest BCUT2D eigenvalue weighted by Crippen LogP contribution is -2.45. The molecule has 6 nitrogen and oxygen atoms in total. The fraction of sp³-hybridized carbons (Fsp3) is 0.700. The van der Waals surface area contributed by atoms with E-state index in [0.29, 0.717) is 12.8 Å². The zero-order chi connectivity index (χ0) is 12.5. The van der Waals surface area contributed by atoms with Crippen molar-refractivity contribution in [1.29, 1.82) is 0 Å². The third-order valence-corrected chi connectivity index (χ3v) is 4.65. The van der Waals surface area contributed by atoms with E-state index < -0.39 is 16.1 Å². The molecular formula is C10H17N3O3S. The molecule has 0 aromatic carbocycles. The van der Waals surface area contributed by atoms with Gasteiger partial charge in [-0.3, -0.25) is 4.68 Å². The molecule has 1 aromatic rings. The van der Waals surface area contributed by atoms with E-state index in [1.54, 1.807) is 7.05 Å². The first-order valence-electron chi connectivity index (χ1n) is 5.69. The fourth-order valence-corrected chi connectivity index (χ4v) is 3.56. The summed E-state index contributed by atoms with van der Waals surface area (Å²) in [4.78, 5) is 0. The highest BCUT2D eigenvalue weighted by Crippen LogP contribution is 2.20. The number of hydrogen-bond donors (Lipinski definition) is 2. The van der Waals surface area contributed by atoms with Crippen LogP contribution in [0.25, 0.3) is 0 Å². The predicted molar refractivity (Wildman–Crippen MR) is 61.8 cm³/mol. The maximum absolute atomic E-state index is 12.0. The van der Waals surface area contributed by atoms with Crippen LogP contribution >= 0.6 is 0 Å². The van der Waals surface area contributed by atoms with Crippen molar-refractivity contribution in [2.45, 2.75) is 42.9 Å². The molecule has 0 radical (unpaired) electrons. The average molecular weight is 259 g/mol. The van der Waals surface area contributed by atoms with Gasteiger partial charge in [-0.25, -0.2) is 13.1 Å². The molecule has 1 heterocycles. The second-order valence-corrected chi connectivity index (χ2v) is 6.03. The average Bonchev–Trinajstić information content (AvgIpc) is 2.68. The maximum atomic E-state index is 12.0. The number of nitrogens with one attached hydrogen (secondary N) is 1. The molecule has 1 fully saturated rings.